The summed E-state index contributed by atoms with van der Waals surface area (Å²) in [6.45, 7) is 0. The van der Waals surface area contributed by atoms with Gasteiger partial charge in [-0.2, -0.15) is 13.2 Å². The van der Waals surface area contributed by atoms with E-state index in [9.17, 15) is 22.2 Å². The van der Waals surface area contributed by atoms with Crippen LogP contribution in [0.1, 0.15) is 24.4 Å². The van der Waals surface area contributed by atoms with Gasteiger partial charge in [-0.1, -0.05) is 28.1 Å². The second kappa shape index (κ2) is 7.03. The summed E-state index contributed by atoms with van der Waals surface area (Å²) in [6, 6.07) is 3.65. The monoisotopic (exact) mass is 426 g/mol. The molecule has 1 heterocycles. The van der Waals surface area contributed by atoms with Gasteiger partial charge in [-0.05, 0) is 30.5 Å². The summed E-state index contributed by atoms with van der Waals surface area (Å²) in [5.41, 5.74) is -0.0124. The lowest BCUT2D eigenvalue weighted by molar-refractivity contribution is -0.190. The van der Waals surface area contributed by atoms with Crippen LogP contribution in [0.15, 0.2) is 28.7 Å². The second-order valence-corrected chi connectivity index (χ2v) is 9.30. The Kier molecular flexibility index (Phi) is 5.64. The first-order valence-corrected chi connectivity index (χ1v) is 10.0. The fourth-order valence-electron chi connectivity index (χ4n) is 2.85. The molecule has 1 fully saturated rings. The lowest BCUT2D eigenvalue weighted by Gasteiger charge is -2.34. The molecule has 1 N–H and O–H groups in total. The van der Waals surface area contributed by atoms with Crippen molar-refractivity contribution in [1.82, 2.24) is 4.90 Å². The highest BCUT2D eigenvalue weighted by atomic mass is 79.9. The highest BCUT2D eigenvalue weighted by Crippen LogP contribution is 2.38. The summed E-state index contributed by atoms with van der Waals surface area (Å²) in [5.74, 6) is -1.11. The summed E-state index contributed by atoms with van der Waals surface area (Å²) in [6.07, 6.45) is -4.22. The third kappa shape index (κ3) is 4.50. The van der Waals surface area contributed by atoms with Gasteiger partial charge >= 0.3 is 6.18 Å². The van der Waals surface area contributed by atoms with Crippen molar-refractivity contribution in [2.75, 3.05) is 18.6 Å². The number of benzene rings is 1. The van der Waals surface area contributed by atoms with Crippen molar-refractivity contribution in [3.63, 3.8) is 0 Å². The standard InChI is InChI=1S/C15H18BrF3N2O2S/c1-21(14(22)11-6-8-24(20,23)9-7-11)13(15(17,18)19)10-2-4-12(16)5-3-10/h2-5,11,13,20H,6-9H2,1H3/t11?,13-,24?/m0/s1. The fraction of sp³-hybridized carbons (Fsp3) is 0.533. The maximum atomic E-state index is 13.5. The Morgan fingerprint density at radius 3 is 2.25 bits per heavy atom. The minimum absolute atomic E-state index is 0.0124. The van der Waals surface area contributed by atoms with E-state index in [0.717, 1.165) is 11.9 Å². The van der Waals surface area contributed by atoms with E-state index in [1.165, 1.54) is 24.3 Å². The molecule has 1 amide bonds. The molecule has 9 heteroatoms. The molecule has 1 atom stereocenters. The molecule has 1 aromatic rings. The summed E-state index contributed by atoms with van der Waals surface area (Å²) in [5, 5.41) is 0. The maximum Gasteiger partial charge on any atom is 0.413 e. The van der Waals surface area contributed by atoms with Gasteiger partial charge in [-0.25, -0.2) is 4.21 Å². The fourth-order valence-corrected chi connectivity index (χ4v) is 4.65. The highest BCUT2D eigenvalue weighted by molar-refractivity contribution is 9.10. The van der Waals surface area contributed by atoms with Crippen LogP contribution in [0.4, 0.5) is 13.2 Å². The van der Waals surface area contributed by atoms with Crippen LogP contribution in [0, 0.1) is 10.7 Å². The van der Waals surface area contributed by atoms with Crippen LogP contribution in [-0.2, 0) is 14.5 Å². The zero-order chi connectivity index (χ0) is 18.1. The van der Waals surface area contributed by atoms with Crippen LogP contribution >= 0.6 is 15.9 Å². The second-order valence-electron chi connectivity index (χ2n) is 5.94. The van der Waals surface area contributed by atoms with Gasteiger partial charge in [0, 0.05) is 38.7 Å². The van der Waals surface area contributed by atoms with E-state index in [1.807, 2.05) is 0 Å². The number of hydrogen-bond donors (Lipinski definition) is 1. The van der Waals surface area contributed by atoms with Crippen molar-refractivity contribution in [3.05, 3.63) is 34.3 Å². The molecule has 0 aromatic heterocycles. The number of carbonyl (C=O) groups excluding carboxylic acids is 1. The minimum atomic E-state index is -4.60. The van der Waals surface area contributed by atoms with Gasteiger partial charge in [-0.15, -0.1) is 0 Å². The van der Waals surface area contributed by atoms with Gasteiger partial charge in [0.05, 0.1) is 0 Å². The molecule has 0 bridgehead atoms. The molecule has 1 saturated heterocycles. The van der Waals surface area contributed by atoms with Gasteiger partial charge in [0.1, 0.15) is 0 Å². The normalized spacial score (nSPS) is 26.0. The number of rotatable bonds is 3. The molecule has 1 aromatic carbocycles. The number of amides is 1. The lowest BCUT2D eigenvalue weighted by Crippen LogP contribution is -2.44. The summed E-state index contributed by atoms with van der Waals surface area (Å²) >= 11 is 3.18. The van der Waals surface area contributed by atoms with Gasteiger partial charge in [-0.3, -0.25) is 9.57 Å². The van der Waals surface area contributed by atoms with E-state index in [-0.39, 0.29) is 29.9 Å². The van der Waals surface area contributed by atoms with Crippen LogP contribution in [-0.4, -0.2) is 39.7 Å². The van der Waals surface area contributed by atoms with E-state index in [1.54, 1.807) is 0 Å². The van der Waals surface area contributed by atoms with Gasteiger partial charge in [0.25, 0.3) is 0 Å². The van der Waals surface area contributed by atoms with Gasteiger partial charge in [0.2, 0.25) is 5.91 Å². The van der Waals surface area contributed by atoms with Crippen LogP contribution < -0.4 is 0 Å². The van der Waals surface area contributed by atoms with Crippen molar-refractivity contribution < 1.29 is 22.2 Å². The zero-order valence-corrected chi connectivity index (χ0v) is 15.4. The van der Waals surface area contributed by atoms with E-state index in [2.05, 4.69) is 15.9 Å². The highest BCUT2D eigenvalue weighted by Gasteiger charge is 2.46. The Labute approximate surface area is 147 Å². The topological polar surface area (TPSA) is 61.2 Å². The number of alkyl halides is 3. The number of hydrogen-bond acceptors (Lipinski definition) is 3. The van der Waals surface area contributed by atoms with Crippen LogP contribution in [0.2, 0.25) is 0 Å². The molecule has 0 spiro atoms. The van der Waals surface area contributed by atoms with E-state index in [0.29, 0.717) is 4.47 Å². The summed E-state index contributed by atoms with van der Waals surface area (Å²) in [7, 11) is -1.53. The van der Waals surface area contributed by atoms with Crippen LogP contribution in [0.3, 0.4) is 0 Å². The predicted octanol–water partition coefficient (Wildman–Crippen LogP) is 3.97. The quantitative estimate of drug-likeness (QED) is 0.794. The van der Waals surface area contributed by atoms with Crippen molar-refractivity contribution >= 4 is 31.6 Å². The zero-order valence-electron chi connectivity index (χ0n) is 13.0. The van der Waals surface area contributed by atoms with E-state index in [4.69, 9.17) is 4.78 Å². The number of nitrogens with one attached hydrogen (secondary N) is 1. The number of nitrogens with zero attached hydrogens (tertiary/aromatic N) is 1. The first kappa shape index (κ1) is 19.2. The molecule has 1 aliphatic heterocycles. The smallest absolute Gasteiger partial charge is 0.330 e. The minimum Gasteiger partial charge on any atom is -0.330 e. The van der Waals surface area contributed by atoms with E-state index < -0.39 is 33.8 Å². The molecule has 0 aliphatic carbocycles. The van der Waals surface area contributed by atoms with Gasteiger partial charge < -0.3 is 4.90 Å². The average molecular weight is 427 g/mol. The Hall–Kier alpha value is -1.09. The third-order valence-electron chi connectivity index (χ3n) is 4.17. The number of halogens is 4. The molecule has 134 valence electrons. The Morgan fingerprint density at radius 1 is 1.29 bits per heavy atom. The molecule has 24 heavy (non-hydrogen) atoms. The molecule has 4 nitrogen and oxygen atoms in total. The predicted molar refractivity (Wildman–Crippen MR) is 89.0 cm³/mol. The van der Waals surface area contributed by atoms with Crippen molar-refractivity contribution in [3.8, 4) is 0 Å². The molecule has 0 unspecified atom stereocenters. The summed E-state index contributed by atoms with van der Waals surface area (Å²) < 4.78 is 60.4. The van der Waals surface area contributed by atoms with Crippen molar-refractivity contribution in [2.45, 2.75) is 25.1 Å². The number of carbonyl (C=O) groups is 1. The largest absolute Gasteiger partial charge is 0.413 e. The molecule has 1 aliphatic rings. The van der Waals surface area contributed by atoms with E-state index >= 15 is 0 Å². The van der Waals surface area contributed by atoms with Crippen LogP contribution in [0.25, 0.3) is 0 Å². The first-order chi connectivity index (χ1) is 11.0. The van der Waals surface area contributed by atoms with Crippen LogP contribution in [0.5, 0.6) is 0 Å². The first-order valence-electron chi connectivity index (χ1n) is 7.34. The van der Waals surface area contributed by atoms with Crippen molar-refractivity contribution in [2.24, 2.45) is 5.92 Å². The SMILES string of the molecule is CN(C(=O)C1CCS(=N)(=O)CC1)[C@@H](c1ccc(Br)cc1)C(F)(F)F. The summed E-state index contributed by atoms with van der Waals surface area (Å²) in [4.78, 5) is 13.2. The Morgan fingerprint density at radius 2 is 1.79 bits per heavy atom. The molecule has 0 radical (unpaired) electrons. The Bertz CT molecular complexity index is 690. The maximum absolute atomic E-state index is 13.5. The Balaban J connectivity index is 2.23. The van der Waals surface area contributed by atoms with Gasteiger partial charge in [0.15, 0.2) is 6.04 Å². The van der Waals surface area contributed by atoms with Crippen molar-refractivity contribution in [1.29, 1.82) is 4.78 Å². The molecular formula is C15H18BrF3N2O2S. The lowest BCUT2D eigenvalue weighted by atomic mass is 9.98. The molecule has 0 saturated carbocycles. The average Bonchev–Trinajstić information content (AvgIpc) is 2.47. The third-order valence-corrected chi connectivity index (χ3v) is 6.49. The molecular weight excluding hydrogens is 409 g/mol. The molecule has 2 rings (SSSR count).